The van der Waals surface area contributed by atoms with Crippen molar-refractivity contribution in [2.75, 3.05) is 26.2 Å². The highest BCUT2D eigenvalue weighted by molar-refractivity contribution is 6.23. The molecule has 1 aliphatic carbocycles. The minimum absolute atomic E-state index is 0.0558. The molecule has 238 valence electrons. The Balaban J connectivity index is 0.979. The van der Waals surface area contributed by atoms with Gasteiger partial charge in [0.2, 0.25) is 11.8 Å². The lowest BCUT2D eigenvalue weighted by Gasteiger charge is -2.47. The van der Waals surface area contributed by atoms with Gasteiger partial charge in [0, 0.05) is 38.0 Å². The Morgan fingerprint density at radius 3 is 2.30 bits per heavy atom. The van der Waals surface area contributed by atoms with Gasteiger partial charge in [0.1, 0.15) is 17.8 Å². The summed E-state index contributed by atoms with van der Waals surface area (Å²) in [6.45, 7) is 7.83. The molecular formula is C32H41FN4O7. The van der Waals surface area contributed by atoms with Crippen LogP contribution in [0.3, 0.4) is 0 Å². The molecule has 3 atom stereocenters. The third-order valence-corrected chi connectivity index (χ3v) is 9.53. The van der Waals surface area contributed by atoms with Crippen LogP contribution < -0.4 is 5.32 Å². The number of hydrogen-bond donors (Lipinski definition) is 1. The molecule has 1 aromatic carbocycles. The zero-order valence-electron chi connectivity index (χ0n) is 25.6. The molecule has 1 unspecified atom stereocenters. The Bertz CT molecular complexity index is 1350. The fraction of sp³-hybridized carbons (Fsp3) is 0.656. The van der Waals surface area contributed by atoms with Gasteiger partial charge in [0.05, 0.1) is 23.3 Å². The number of rotatable bonds is 5. The van der Waals surface area contributed by atoms with Crippen molar-refractivity contribution in [1.82, 2.24) is 20.0 Å². The van der Waals surface area contributed by atoms with Crippen LogP contribution >= 0.6 is 0 Å². The molecule has 6 rings (SSSR count). The number of nitrogens with zero attached hydrogens (tertiary/aromatic N) is 3. The van der Waals surface area contributed by atoms with Crippen LogP contribution in [-0.4, -0.2) is 107 Å². The van der Waals surface area contributed by atoms with Crippen molar-refractivity contribution in [3.8, 4) is 0 Å². The first-order chi connectivity index (χ1) is 20.9. The van der Waals surface area contributed by atoms with Crippen molar-refractivity contribution in [3.63, 3.8) is 0 Å². The van der Waals surface area contributed by atoms with E-state index in [0.717, 1.165) is 37.1 Å². The van der Waals surface area contributed by atoms with E-state index in [-0.39, 0.29) is 48.3 Å². The van der Waals surface area contributed by atoms with Crippen molar-refractivity contribution in [2.24, 2.45) is 0 Å². The van der Waals surface area contributed by atoms with Crippen LogP contribution in [0.5, 0.6) is 0 Å². The summed E-state index contributed by atoms with van der Waals surface area (Å²) < 4.78 is 27.4. The van der Waals surface area contributed by atoms with E-state index in [1.165, 1.54) is 0 Å². The van der Waals surface area contributed by atoms with Gasteiger partial charge in [-0.25, -0.2) is 9.18 Å². The third kappa shape index (κ3) is 6.10. The van der Waals surface area contributed by atoms with E-state index in [1.807, 2.05) is 20.8 Å². The van der Waals surface area contributed by atoms with Gasteiger partial charge in [-0.05, 0) is 83.5 Å². The second kappa shape index (κ2) is 11.8. The van der Waals surface area contributed by atoms with Crippen molar-refractivity contribution in [3.05, 3.63) is 34.9 Å². The molecule has 5 aliphatic rings. The summed E-state index contributed by atoms with van der Waals surface area (Å²) >= 11 is 0. The number of carbonyl (C=O) groups excluding carboxylic acids is 5. The van der Waals surface area contributed by atoms with Gasteiger partial charge < -0.3 is 14.4 Å². The highest BCUT2D eigenvalue weighted by Gasteiger charge is 2.46. The molecule has 11 nitrogen and oxygen atoms in total. The largest absolute Gasteiger partial charge is 0.444 e. The van der Waals surface area contributed by atoms with Crippen LogP contribution in [0.25, 0.3) is 0 Å². The Morgan fingerprint density at radius 2 is 1.64 bits per heavy atom. The number of amides is 5. The van der Waals surface area contributed by atoms with E-state index in [1.54, 1.807) is 23.1 Å². The fourth-order valence-corrected chi connectivity index (χ4v) is 7.07. The number of halogens is 1. The molecule has 4 fully saturated rings. The second-order valence-electron chi connectivity index (χ2n) is 13.7. The smallest absolute Gasteiger partial charge is 0.410 e. The first-order valence-electron chi connectivity index (χ1n) is 15.7. The SMILES string of the molecule is CC(C)(C)OC(=O)N1CCC(OC2CC(N3CC[C@H](c4ccc5c(c4)C(=O)N(C4CCC(=O)NC4=O)C5=O)[C@H](F)C3)C2)CC1. The minimum Gasteiger partial charge on any atom is -0.444 e. The van der Waals surface area contributed by atoms with Gasteiger partial charge in [-0.1, -0.05) is 6.07 Å². The molecule has 4 aliphatic heterocycles. The number of fused-ring (bicyclic) bond motifs is 1. The van der Waals surface area contributed by atoms with Crippen LogP contribution in [0.2, 0.25) is 0 Å². The lowest BCUT2D eigenvalue weighted by Crippen LogP contribution is -2.54. The number of carbonyl (C=O) groups is 5. The van der Waals surface area contributed by atoms with Crippen LogP contribution in [0, 0.1) is 0 Å². The lowest BCUT2D eigenvalue weighted by atomic mass is 9.82. The maximum absolute atomic E-state index is 15.6. The maximum Gasteiger partial charge on any atom is 0.410 e. The van der Waals surface area contributed by atoms with Crippen molar-refractivity contribution in [1.29, 1.82) is 0 Å². The first kappa shape index (κ1) is 30.6. The zero-order valence-corrected chi connectivity index (χ0v) is 25.6. The number of ether oxygens (including phenoxy) is 2. The number of imide groups is 2. The number of hydrogen-bond acceptors (Lipinski definition) is 8. The predicted octanol–water partition coefficient (Wildman–Crippen LogP) is 3.16. The van der Waals surface area contributed by atoms with Crippen molar-refractivity contribution in [2.45, 2.75) is 108 Å². The van der Waals surface area contributed by atoms with Crippen molar-refractivity contribution < 1.29 is 37.8 Å². The van der Waals surface area contributed by atoms with Gasteiger partial charge in [-0.3, -0.25) is 34.3 Å². The van der Waals surface area contributed by atoms with Crippen LogP contribution in [0.15, 0.2) is 18.2 Å². The molecule has 1 N–H and O–H groups in total. The summed E-state index contributed by atoms with van der Waals surface area (Å²) in [6.07, 6.45) is 2.84. The summed E-state index contributed by atoms with van der Waals surface area (Å²) in [6, 6.07) is 4.12. The molecule has 0 aromatic heterocycles. The van der Waals surface area contributed by atoms with E-state index in [0.29, 0.717) is 31.6 Å². The standard InChI is InChI=1S/C32H41FN4O7/c1-32(2,3)44-31(42)35-11-8-20(9-12-35)43-21-15-19(16-21)36-13-10-22(25(33)17-36)18-4-5-23-24(14-18)30(41)37(29(23)40)26-6-7-27(38)34-28(26)39/h4-5,14,19-22,25-26H,6-13,15-17H2,1-3H3,(H,34,38,39)/t19?,21?,22-,25-,26?/m1/s1. The van der Waals surface area contributed by atoms with Gasteiger partial charge >= 0.3 is 6.09 Å². The summed E-state index contributed by atoms with van der Waals surface area (Å²) in [5, 5.41) is 2.20. The van der Waals surface area contributed by atoms with E-state index < -0.39 is 47.4 Å². The number of piperidine rings is 3. The Hall–Kier alpha value is -3.38. The van der Waals surface area contributed by atoms with Crippen LogP contribution in [0.4, 0.5) is 9.18 Å². The Morgan fingerprint density at radius 1 is 0.932 bits per heavy atom. The van der Waals surface area contributed by atoms with Gasteiger partial charge in [-0.2, -0.15) is 0 Å². The molecule has 4 heterocycles. The van der Waals surface area contributed by atoms with Crippen LogP contribution in [0.1, 0.15) is 97.9 Å². The van der Waals surface area contributed by atoms with Crippen molar-refractivity contribution >= 4 is 29.7 Å². The first-order valence-corrected chi connectivity index (χ1v) is 15.7. The average molecular weight is 613 g/mol. The lowest BCUT2D eigenvalue weighted by molar-refractivity contribution is -0.136. The number of nitrogens with one attached hydrogen (secondary N) is 1. The zero-order chi connectivity index (χ0) is 31.3. The Labute approximate surface area is 256 Å². The van der Waals surface area contributed by atoms with Gasteiger partial charge in [0.15, 0.2) is 0 Å². The summed E-state index contributed by atoms with van der Waals surface area (Å²) in [5.41, 5.74) is 0.546. The molecule has 0 radical (unpaired) electrons. The van der Waals surface area contributed by atoms with E-state index in [2.05, 4.69) is 10.2 Å². The molecule has 0 spiro atoms. The molecule has 0 bridgehead atoms. The highest BCUT2D eigenvalue weighted by atomic mass is 19.1. The van der Waals surface area contributed by atoms with Gasteiger partial charge in [0.25, 0.3) is 11.8 Å². The third-order valence-electron chi connectivity index (χ3n) is 9.53. The molecule has 12 heteroatoms. The fourth-order valence-electron chi connectivity index (χ4n) is 7.07. The van der Waals surface area contributed by atoms with Gasteiger partial charge in [-0.15, -0.1) is 0 Å². The summed E-state index contributed by atoms with van der Waals surface area (Å²) in [5.74, 6) is -2.61. The molecule has 44 heavy (non-hydrogen) atoms. The monoisotopic (exact) mass is 612 g/mol. The number of benzene rings is 1. The summed E-state index contributed by atoms with van der Waals surface area (Å²) in [7, 11) is 0. The molecule has 5 amide bonds. The molecular weight excluding hydrogens is 571 g/mol. The second-order valence-corrected chi connectivity index (χ2v) is 13.7. The molecule has 3 saturated heterocycles. The number of alkyl halides is 1. The van der Waals surface area contributed by atoms with E-state index in [4.69, 9.17) is 9.47 Å². The predicted molar refractivity (Wildman–Crippen MR) is 156 cm³/mol. The quantitative estimate of drug-likeness (QED) is 0.503. The summed E-state index contributed by atoms with van der Waals surface area (Å²) in [4.78, 5) is 67.3. The molecule has 1 saturated carbocycles. The molecule has 1 aromatic rings. The topological polar surface area (TPSA) is 126 Å². The van der Waals surface area contributed by atoms with E-state index in [9.17, 15) is 24.0 Å². The maximum atomic E-state index is 15.6. The highest BCUT2D eigenvalue weighted by Crippen LogP contribution is 2.38. The normalized spacial score (nSPS) is 30.2. The number of likely N-dealkylation sites (tertiary alicyclic amines) is 2. The van der Waals surface area contributed by atoms with E-state index >= 15 is 4.39 Å². The minimum atomic E-state index is -1.13. The Kier molecular flexibility index (Phi) is 8.25. The van der Waals surface area contributed by atoms with Crippen LogP contribution in [-0.2, 0) is 19.1 Å². The average Bonchev–Trinajstić information content (AvgIpc) is 3.18.